The third-order valence-electron chi connectivity index (χ3n) is 6.79. The van der Waals surface area contributed by atoms with E-state index in [0.29, 0.717) is 31.5 Å². The van der Waals surface area contributed by atoms with Crippen LogP contribution in [0, 0.1) is 0 Å². The fourth-order valence-corrected chi connectivity index (χ4v) is 5.09. The van der Waals surface area contributed by atoms with Crippen LogP contribution in [0.2, 0.25) is 0 Å². The van der Waals surface area contributed by atoms with Crippen LogP contribution in [0.1, 0.15) is 34.6 Å². The second-order valence-corrected chi connectivity index (χ2v) is 8.85. The monoisotopic (exact) mass is 485 g/mol. The van der Waals surface area contributed by atoms with Crippen molar-refractivity contribution in [2.45, 2.75) is 31.8 Å². The molecule has 184 valence electrons. The molecule has 0 N–H and O–H groups in total. The molecule has 1 unspecified atom stereocenters. The molecule has 1 aliphatic rings. The molecule has 1 atom stereocenters. The van der Waals surface area contributed by atoms with E-state index in [1.54, 1.807) is 11.0 Å². The van der Waals surface area contributed by atoms with E-state index in [4.69, 9.17) is 14.5 Å². The van der Waals surface area contributed by atoms with E-state index < -0.39 is 18.0 Å². The molecule has 0 bridgehead atoms. The first kappa shape index (κ1) is 23.5. The molecule has 1 aliphatic heterocycles. The number of carbonyl (C=O) groups excluding carboxylic acids is 3. The Morgan fingerprint density at radius 1 is 1.00 bits per heavy atom. The molecule has 2 aromatic heterocycles. The third kappa shape index (κ3) is 4.19. The van der Waals surface area contributed by atoms with Crippen molar-refractivity contribution in [1.82, 2.24) is 14.5 Å². The van der Waals surface area contributed by atoms with Crippen molar-refractivity contribution in [3.05, 3.63) is 77.6 Å². The summed E-state index contributed by atoms with van der Waals surface area (Å²) < 4.78 is 12.1. The molecule has 8 heteroatoms. The number of amides is 1. The Bertz CT molecular complexity index is 1460. The first-order valence-electron chi connectivity index (χ1n) is 11.9. The number of nitrogens with zero attached hydrogens (tertiary/aromatic N) is 3. The molecule has 1 saturated heterocycles. The highest BCUT2D eigenvalue weighted by atomic mass is 16.5. The molecule has 4 aromatic rings. The van der Waals surface area contributed by atoms with Crippen molar-refractivity contribution in [2.75, 3.05) is 20.8 Å². The van der Waals surface area contributed by atoms with Crippen LogP contribution >= 0.6 is 0 Å². The average Bonchev–Trinajstić information content (AvgIpc) is 3.44. The minimum atomic E-state index is -0.600. The van der Waals surface area contributed by atoms with Gasteiger partial charge in [-0.15, -0.1) is 0 Å². The highest BCUT2D eigenvalue weighted by molar-refractivity contribution is 6.10. The van der Waals surface area contributed by atoms with E-state index in [0.717, 1.165) is 27.4 Å². The summed E-state index contributed by atoms with van der Waals surface area (Å²) in [5.74, 6) is -1.03. The Hall–Kier alpha value is -4.20. The van der Waals surface area contributed by atoms with Crippen molar-refractivity contribution in [1.29, 1.82) is 0 Å². The lowest BCUT2D eigenvalue weighted by atomic mass is 10.1. The number of fused-ring (bicyclic) bond motifs is 3. The average molecular weight is 486 g/mol. The second kappa shape index (κ2) is 9.81. The first-order valence-corrected chi connectivity index (χ1v) is 11.9. The van der Waals surface area contributed by atoms with Gasteiger partial charge in [-0.25, -0.2) is 14.6 Å². The molecule has 1 fully saturated rings. The van der Waals surface area contributed by atoms with E-state index in [9.17, 15) is 14.4 Å². The fourth-order valence-electron chi connectivity index (χ4n) is 5.09. The number of pyridine rings is 1. The Kier molecular flexibility index (Phi) is 6.41. The number of benzene rings is 2. The maximum atomic E-state index is 12.6. The van der Waals surface area contributed by atoms with Gasteiger partial charge in [-0.1, -0.05) is 48.5 Å². The maximum absolute atomic E-state index is 12.6. The number of para-hydroxylation sites is 1. The molecular weight excluding hydrogens is 458 g/mol. The van der Waals surface area contributed by atoms with Crippen molar-refractivity contribution >= 4 is 39.7 Å². The summed E-state index contributed by atoms with van der Waals surface area (Å²) in [5.41, 5.74) is 3.92. The number of hydrogen-bond acceptors (Lipinski definition) is 6. The van der Waals surface area contributed by atoms with E-state index in [1.165, 1.54) is 14.2 Å². The van der Waals surface area contributed by atoms with Gasteiger partial charge in [-0.05, 0) is 24.1 Å². The normalized spacial score (nSPS) is 15.6. The van der Waals surface area contributed by atoms with Crippen LogP contribution in [-0.2, 0) is 32.0 Å². The van der Waals surface area contributed by atoms with Crippen molar-refractivity contribution in [3.8, 4) is 0 Å². The van der Waals surface area contributed by atoms with Gasteiger partial charge in [0.2, 0.25) is 5.91 Å². The molecule has 5 rings (SSSR count). The smallest absolute Gasteiger partial charge is 0.356 e. The number of carbonyl (C=O) groups is 3. The molecule has 1 amide bonds. The number of hydrogen-bond donors (Lipinski definition) is 0. The van der Waals surface area contributed by atoms with Gasteiger partial charge in [0.15, 0.2) is 0 Å². The molecule has 8 nitrogen and oxygen atoms in total. The number of ether oxygens (including phenoxy) is 2. The summed E-state index contributed by atoms with van der Waals surface area (Å²) in [7, 11) is 2.66. The van der Waals surface area contributed by atoms with Crippen molar-refractivity contribution < 1.29 is 23.9 Å². The lowest BCUT2D eigenvalue weighted by Crippen LogP contribution is -2.40. The molecule has 0 radical (unpaired) electrons. The largest absolute Gasteiger partial charge is 0.467 e. The molecular formula is C28H27N3O5. The second-order valence-electron chi connectivity index (χ2n) is 8.85. The Morgan fingerprint density at radius 3 is 2.50 bits per heavy atom. The number of esters is 2. The topological polar surface area (TPSA) is 90.7 Å². The number of rotatable bonds is 7. The summed E-state index contributed by atoms with van der Waals surface area (Å²) in [6.07, 6.45) is 1.11. The third-order valence-corrected chi connectivity index (χ3v) is 6.79. The van der Waals surface area contributed by atoms with Gasteiger partial charge in [0.05, 0.1) is 25.4 Å². The van der Waals surface area contributed by atoms with E-state index >= 15 is 0 Å². The highest BCUT2D eigenvalue weighted by Gasteiger charge is 2.36. The summed E-state index contributed by atoms with van der Waals surface area (Å²) in [4.78, 5) is 43.6. The molecule has 0 spiro atoms. The van der Waals surface area contributed by atoms with Gasteiger partial charge in [0.1, 0.15) is 11.7 Å². The van der Waals surface area contributed by atoms with Crippen LogP contribution in [-0.4, -0.2) is 59.1 Å². The summed E-state index contributed by atoms with van der Waals surface area (Å²) in [5, 5.41) is 1.89. The van der Waals surface area contributed by atoms with Gasteiger partial charge in [-0.2, -0.15) is 0 Å². The lowest BCUT2D eigenvalue weighted by Gasteiger charge is -2.23. The highest BCUT2D eigenvalue weighted by Crippen LogP contribution is 2.33. The van der Waals surface area contributed by atoms with Gasteiger partial charge in [-0.3, -0.25) is 4.79 Å². The fraction of sp³-hybridized carbons (Fsp3) is 0.286. The first-order chi connectivity index (χ1) is 17.5. The minimum Gasteiger partial charge on any atom is -0.467 e. The zero-order chi connectivity index (χ0) is 25.2. The minimum absolute atomic E-state index is 0.0874. The Labute approximate surface area is 208 Å². The molecule has 0 saturated carbocycles. The van der Waals surface area contributed by atoms with Crippen LogP contribution < -0.4 is 0 Å². The predicted octanol–water partition coefficient (Wildman–Crippen LogP) is 3.73. The molecule has 3 heterocycles. The zero-order valence-corrected chi connectivity index (χ0v) is 20.3. The number of likely N-dealkylation sites (tertiary alicyclic amines) is 1. The van der Waals surface area contributed by atoms with Crippen LogP contribution in [0.5, 0.6) is 0 Å². The summed E-state index contributed by atoms with van der Waals surface area (Å²) >= 11 is 0. The van der Waals surface area contributed by atoms with Crippen LogP contribution in [0.15, 0.2) is 60.7 Å². The van der Waals surface area contributed by atoms with E-state index in [2.05, 4.69) is 22.8 Å². The predicted molar refractivity (Wildman–Crippen MR) is 135 cm³/mol. The van der Waals surface area contributed by atoms with Crippen LogP contribution in [0.25, 0.3) is 21.8 Å². The number of methoxy groups -OCH3 is 2. The van der Waals surface area contributed by atoms with Gasteiger partial charge in [0, 0.05) is 42.2 Å². The van der Waals surface area contributed by atoms with Gasteiger partial charge in [0.25, 0.3) is 0 Å². The zero-order valence-electron chi connectivity index (χ0n) is 20.3. The van der Waals surface area contributed by atoms with E-state index in [-0.39, 0.29) is 18.1 Å². The Morgan fingerprint density at radius 2 is 1.75 bits per heavy atom. The van der Waals surface area contributed by atoms with Crippen LogP contribution in [0.3, 0.4) is 0 Å². The van der Waals surface area contributed by atoms with E-state index in [1.807, 2.05) is 36.4 Å². The van der Waals surface area contributed by atoms with Gasteiger partial charge >= 0.3 is 11.9 Å². The standard InChI is InChI=1S/C28H27N3O5/c1-35-27(33)22-16-20-19-10-6-7-11-23(19)31(17-18-8-4-3-5-9-18)26(20)21(29-22)14-15-30-24(28(34)36-2)12-13-25(30)32/h3-11,16,24H,12-15,17H2,1-2H3. The molecule has 36 heavy (non-hydrogen) atoms. The van der Waals surface area contributed by atoms with Gasteiger partial charge < -0.3 is 18.9 Å². The van der Waals surface area contributed by atoms with Crippen LogP contribution in [0.4, 0.5) is 0 Å². The summed E-state index contributed by atoms with van der Waals surface area (Å²) in [6.45, 7) is 0.905. The van der Waals surface area contributed by atoms with Crippen molar-refractivity contribution in [2.24, 2.45) is 0 Å². The number of aromatic nitrogens is 2. The Balaban J connectivity index is 1.65. The summed E-state index contributed by atoms with van der Waals surface area (Å²) in [6, 6.07) is 19.3. The lowest BCUT2D eigenvalue weighted by molar-refractivity contribution is -0.149. The molecule has 2 aromatic carbocycles. The van der Waals surface area contributed by atoms with Crippen molar-refractivity contribution in [3.63, 3.8) is 0 Å². The maximum Gasteiger partial charge on any atom is 0.356 e. The quantitative estimate of drug-likeness (QED) is 0.371. The SMILES string of the molecule is COC(=O)c1cc2c3ccccc3n(Cc3ccccc3)c2c(CCN2C(=O)CCC2C(=O)OC)n1. The molecule has 0 aliphatic carbocycles.